The van der Waals surface area contributed by atoms with E-state index in [-0.39, 0.29) is 5.91 Å². The van der Waals surface area contributed by atoms with Crippen LogP contribution in [-0.4, -0.2) is 23.2 Å². The minimum Gasteiger partial charge on any atom is -0.441 e. The summed E-state index contributed by atoms with van der Waals surface area (Å²) in [7, 11) is 0. The highest BCUT2D eigenvalue weighted by atomic mass is 32.2. The minimum atomic E-state index is 0.0513. The van der Waals surface area contributed by atoms with Gasteiger partial charge in [0.25, 0.3) is 0 Å². The van der Waals surface area contributed by atoms with Crippen LogP contribution in [0.5, 0.6) is 0 Å². The number of benzene rings is 2. The lowest BCUT2D eigenvalue weighted by Crippen LogP contribution is -2.27. The lowest BCUT2D eigenvalue weighted by molar-refractivity contribution is -0.118. The Morgan fingerprint density at radius 2 is 1.77 bits per heavy atom. The first-order valence-corrected chi connectivity index (χ1v) is 9.78. The van der Waals surface area contributed by atoms with Crippen molar-refractivity contribution in [2.24, 2.45) is 0 Å². The first-order valence-electron chi connectivity index (χ1n) is 8.62. The highest BCUT2D eigenvalue weighted by Crippen LogP contribution is 2.23. The van der Waals surface area contributed by atoms with E-state index in [0.717, 1.165) is 23.4 Å². The third kappa shape index (κ3) is 5.23. The van der Waals surface area contributed by atoms with Crippen LogP contribution in [0.4, 0.5) is 0 Å². The largest absolute Gasteiger partial charge is 0.441 e. The minimum absolute atomic E-state index is 0.0513. The molecular weight excluding hydrogens is 344 g/mol. The van der Waals surface area contributed by atoms with E-state index in [1.165, 1.54) is 5.56 Å². The average Bonchev–Trinajstić information content (AvgIpc) is 3.04. The number of hydrogen-bond donors (Lipinski definition) is 1. The molecule has 134 valence electrons. The topological polar surface area (TPSA) is 55.1 Å². The van der Waals surface area contributed by atoms with Gasteiger partial charge in [-0.15, -0.1) is 11.8 Å². The van der Waals surface area contributed by atoms with Gasteiger partial charge in [0.05, 0.1) is 11.4 Å². The highest BCUT2D eigenvalue weighted by Gasteiger charge is 2.12. The first kappa shape index (κ1) is 18.3. The van der Waals surface area contributed by atoms with Gasteiger partial charge >= 0.3 is 0 Å². The van der Waals surface area contributed by atoms with E-state index in [9.17, 15) is 4.79 Å². The van der Waals surface area contributed by atoms with Crippen molar-refractivity contribution < 1.29 is 9.21 Å². The van der Waals surface area contributed by atoms with Crippen LogP contribution >= 0.6 is 11.8 Å². The van der Waals surface area contributed by atoms with E-state index in [0.29, 0.717) is 23.9 Å². The SMILES string of the molecule is Cc1oc(-c2ccccc2)nc1CSCC(=O)NCCc1ccccc1. The number of carbonyl (C=O) groups is 1. The van der Waals surface area contributed by atoms with Crippen LogP contribution < -0.4 is 5.32 Å². The number of nitrogens with zero attached hydrogens (tertiary/aromatic N) is 1. The Morgan fingerprint density at radius 1 is 1.08 bits per heavy atom. The summed E-state index contributed by atoms with van der Waals surface area (Å²) in [5.41, 5.74) is 3.09. The Bertz CT molecular complexity index is 832. The zero-order valence-electron chi connectivity index (χ0n) is 14.8. The van der Waals surface area contributed by atoms with E-state index in [1.807, 2.05) is 55.5 Å². The second-order valence-electron chi connectivity index (χ2n) is 5.97. The zero-order valence-corrected chi connectivity index (χ0v) is 15.6. The molecule has 0 spiro atoms. The van der Waals surface area contributed by atoms with Gasteiger partial charge < -0.3 is 9.73 Å². The third-order valence-corrected chi connectivity index (χ3v) is 4.91. The molecule has 4 nitrogen and oxygen atoms in total. The molecule has 5 heteroatoms. The quantitative estimate of drug-likeness (QED) is 0.648. The average molecular weight is 366 g/mol. The summed E-state index contributed by atoms with van der Waals surface area (Å²) in [6, 6.07) is 20.0. The summed E-state index contributed by atoms with van der Waals surface area (Å²) in [6.45, 7) is 2.57. The second kappa shape index (κ2) is 9.25. The number of aromatic nitrogens is 1. The molecule has 1 heterocycles. The summed E-state index contributed by atoms with van der Waals surface area (Å²) < 4.78 is 5.75. The Hall–Kier alpha value is -2.53. The van der Waals surface area contributed by atoms with Gasteiger partial charge in [-0.2, -0.15) is 0 Å². The molecule has 0 saturated heterocycles. The molecule has 1 amide bonds. The summed E-state index contributed by atoms with van der Waals surface area (Å²) in [5, 5.41) is 2.96. The molecule has 0 radical (unpaired) electrons. The van der Waals surface area contributed by atoms with Crippen molar-refractivity contribution in [1.29, 1.82) is 0 Å². The monoisotopic (exact) mass is 366 g/mol. The smallest absolute Gasteiger partial charge is 0.230 e. The molecule has 3 aromatic rings. The van der Waals surface area contributed by atoms with Gasteiger partial charge in [-0.3, -0.25) is 4.79 Å². The number of rotatable bonds is 8. The molecule has 0 aliphatic carbocycles. The van der Waals surface area contributed by atoms with Crippen molar-refractivity contribution in [3.63, 3.8) is 0 Å². The maximum Gasteiger partial charge on any atom is 0.230 e. The summed E-state index contributed by atoms with van der Waals surface area (Å²) in [5.74, 6) is 2.57. The molecule has 1 aromatic heterocycles. The van der Waals surface area contributed by atoms with Crippen molar-refractivity contribution in [3.8, 4) is 11.5 Å². The maximum atomic E-state index is 12.0. The van der Waals surface area contributed by atoms with E-state index in [4.69, 9.17) is 4.42 Å². The van der Waals surface area contributed by atoms with Gasteiger partial charge in [0.15, 0.2) is 0 Å². The molecule has 0 atom stereocenters. The zero-order chi connectivity index (χ0) is 18.2. The lowest BCUT2D eigenvalue weighted by atomic mass is 10.1. The van der Waals surface area contributed by atoms with Gasteiger partial charge in [0.2, 0.25) is 11.8 Å². The Morgan fingerprint density at radius 3 is 2.50 bits per heavy atom. The van der Waals surface area contributed by atoms with Gasteiger partial charge in [-0.1, -0.05) is 48.5 Å². The lowest BCUT2D eigenvalue weighted by Gasteiger charge is -2.05. The molecule has 1 N–H and O–H groups in total. The molecule has 0 aliphatic rings. The van der Waals surface area contributed by atoms with E-state index < -0.39 is 0 Å². The van der Waals surface area contributed by atoms with Crippen LogP contribution in [0.15, 0.2) is 65.1 Å². The fraction of sp³-hybridized carbons (Fsp3) is 0.238. The second-order valence-corrected chi connectivity index (χ2v) is 6.95. The molecule has 3 rings (SSSR count). The molecule has 2 aromatic carbocycles. The van der Waals surface area contributed by atoms with Gasteiger partial charge in [-0.05, 0) is 31.0 Å². The number of thioether (sulfide) groups is 1. The van der Waals surface area contributed by atoms with Crippen molar-refractivity contribution in [1.82, 2.24) is 10.3 Å². The predicted octanol–water partition coefficient (Wildman–Crippen LogP) is 4.24. The van der Waals surface area contributed by atoms with Gasteiger partial charge in [0.1, 0.15) is 5.76 Å². The molecule has 26 heavy (non-hydrogen) atoms. The molecule has 0 aliphatic heterocycles. The van der Waals surface area contributed by atoms with E-state index in [1.54, 1.807) is 11.8 Å². The van der Waals surface area contributed by atoms with Gasteiger partial charge in [-0.25, -0.2) is 4.98 Å². The fourth-order valence-electron chi connectivity index (χ4n) is 2.55. The van der Waals surface area contributed by atoms with Crippen molar-refractivity contribution in [3.05, 3.63) is 77.7 Å². The van der Waals surface area contributed by atoms with Crippen molar-refractivity contribution in [2.45, 2.75) is 19.1 Å². The number of aryl methyl sites for hydroxylation is 1. The molecular formula is C21H22N2O2S. The normalized spacial score (nSPS) is 10.7. The molecule has 0 unspecified atom stereocenters. The van der Waals surface area contributed by atoms with Crippen LogP contribution in [0.2, 0.25) is 0 Å². The van der Waals surface area contributed by atoms with Crippen LogP contribution in [0, 0.1) is 6.92 Å². The fourth-order valence-corrected chi connectivity index (χ4v) is 3.40. The Kier molecular flexibility index (Phi) is 6.50. The number of hydrogen-bond acceptors (Lipinski definition) is 4. The number of carbonyl (C=O) groups excluding carboxylic acids is 1. The Balaban J connectivity index is 1.42. The van der Waals surface area contributed by atoms with Crippen LogP contribution in [-0.2, 0) is 17.0 Å². The van der Waals surface area contributed by atoms with Gasteiger partial charge in [0, 0.05) is 17.9 Å². The first-order chi connectivity index (χ1) is 12.7. The van der Waals surface area contributed by atoms with E-state index >= 15 is 0 Å². The third-order valence-electron chi connectivity index (χ3n) is 3.96. The predicted molar refractivity (Wildman–Crippen MR) is 106 cm³/mol. The number of amides is 1. The van der Waals surface area contributed by atoms with Crippen LogP contribution in [0.25, 0.3) is 11.5 Å². The van der Waals surface area contributed by atoms with E-state index in [2.05, 4.69) is 22.4 Å². The number of nitrogens with one attached hydrogen (secondary N) is 1. The highest BCUT2D eigenvalue weighted by molar-refractivity contribution is 7.99. The number of oxazole rings is 1. The molecule has 0 fully saturated rings. The molecule has 0 saturated carbocycles. The van der Waals surface area contributed by atoms with Crippen molar-refractivity contribution in [2.75, 3.05) is 12.3 Å². The standard InChI is InChI=1S/C21H22N2O2S/c1-16-19(23-21(25-16)18-10-6-3-7-11-18)14-26-15-20(24)22-13-12-17-8-4-2-5-9-17/h2-11H,12-15H2,1H3,(H,22,24). The summed E-state index contributed by atoms with van der Waals surface area (Å²) in [6.07, 6.45) is 0.847. The molecule has 0 bridgehead atoms. The summed E-state index contributed by atoms with van der Waals surface area (Å²) >= 11 is 1.55. The summed E-state index contributed by atoms with van der Waals surface area (Å²) in [4.78, 5) is 16.5. The Labute approximate surface area is 158 Å². The van der Waals surface area contributed by atoms with Crippen molar-refractivity contribution >= 4 is 17.7 Å². The van der Waals surface area contributed by atoms with Crippen LogP contribution in [0.1, 0.15) is 17.0 Å². The maximum absolute atomic E-state index is 12.0. The van der Waals surface area contributed by atoms with Crippen LogP contribution in [0.3, 0.4) is 0 Å².